The van der Waals surface area contributed by atoms with Crippen LogP contribution < -0.4 is 16.4 Å². The van der Waals surface area contributed by atoms with Crippen molar-refractivity contribution in [1.82, 2.24) is 5.32 Å². The van der Waals surface area contributed by atoms with Crippen LogP contribution in [-0.4, -0.2) is 37.6 Å². The van der Waals surface area contributed by atoms with Crippen LogP contribution in [0.1, 0.15) is 23.2 Å². The number of nitrogens with one attached hydrogen (secondary N) is 2. The van der Waals surface area contributed by atoms with E-state index in [4.69, 9.17) is 10.5 Å². The van der Waals surface area contributed by atoms with Crippen LogP contribution in [0.5, 0.6) is 0 Å². The second-order valence-corrected chi connectivity index (χ2v) is 4.84. The van der Waals surface area contributed by atoms with Crippen molar-refractivity contribution in [2.45, 2.75) is 18.4 Å². The largest absolute Gasteiger partial charge is 0.368 e. The molecule has 2 amide bonds. The minimum absolute atomic E-state index is 0. The molecule has 0 bridgehead atoms. The van der Waals surface area contributed by atoms with Gasteiger partial charge in [0.2, 0.25) is 5.91 Å². The first-order valence-electron chi connectivity index (χ1n) is 6.54. The fraction of sp³-hybridized carbons (Fsp3) is 0.429. The molecule has 1 fully saturated rings. The van der Waals surface area contributed by atoms with Crippen LogP contribution in [0.4, 0.5) is 5.69 Å². The molecule has 1 aliphatic rings. The maximum atomic E-state index is 12.4. The maximum Gasteiger partial charge on any atom is 0.256 e. The van der Waals surface area contributed by atoms with Crippen LogP contribution in [0.3, 0.4) is 0 Å². The highest BCUT2D eigenvalue weighted by molar-refractivity contribution is 5.98. The highest BCUT2D eigenvalue weighted by Gasteiger charge is 2.39. The number of primary amides is 1. The van der Waals surface area contributed by atoms with Crippen molar-refractivity contribution in [1.29, 1.82) is 0 Å². The molecule has 1 aromatic carbocycles. The Morgan fingerprint density at radius 1 is 1.24 bits per heavy atom. The van der Waals surface area contributed by atoms with Crippen molar-refractivity contribution in [3.05, 3.63) is 29.8 Å². The normalized spacial score (nSPS) is 16.6. The summed E-state index contributed by atoms with van der Waals surface area (Å²) in [6.07, 6.45) is 1.27. The third-order valence-electron chi connectivity index (χ3n) is 3.64. The fourth-order valence-corrected chi connectivity index (χ4v) is 2.32. The maximum absolute atomic E-state index is 12.4. The molecule has 1 aromatic rings. The van der Waals surface area contributed by atoms with Crippen LogP contribution in [0.15, 0.2) is 24.3 Å². The van der Waals surface area contributed by atoms with Crippen molar-refractivity contribution >= 4 is 29.9 Å². The predicted molar refractivity (Wildman–Crippen MR) is 82.7 cm³/mol. The van der Waals surface area contributed by atoms with E-state index in [1.807, 2.05) is 0 Å². The standard InChI is InChI=1S/C14H19N3O3.ClH/c1-20-14(6-8-16-9-7-14)13(19)17-11-4-2-10(3-5-11)12(15)18;/h2-5,16H,6-9H2,1H3,(H2,15,18)(H,17,19);1H. The Labute approximate surface area is 129 Å². The molecule has 0 spiro atoms. The molecule has 0 radical (unpaired) electrons. The van der Waals surface area contributed by atoms with E-state index in [9.17, 15) is 9.59 Å². The van der Waals surface area contributed by atoms with Crippen molar-refractivity contribution in [2.75, 3.05) is 25.5 Å². The molecule has 0 unspecified atom stereocenters. The van der Waals surface area contributed by atoms with E-state index < -0.39 is 11.5 Å². The minimum atomic E-state index is -0.784. The van der Waals surface area contributed by atoms with Crippen molar-refractivity contribution in [2.24, 2.45) is 5.73 Å². The van der Waals surface area contributed by atoms with Crippen molar-refractivity contribution < 1.29 is 14.3 Å². The lowest BCUT2D eigenvalue weighted by Gasteiger charge is -2.34. The summed E-state index contributed by atoms with van der Waals surface area (Å²) < 4.78 is 5.45. The van der Waals surface area contributed by atoms with Gasteiger partial charge in [-0.05, 0) is 50.2 Å². The highest BCUT2D eigenvalue weighted by atomic mass is 35.5. The lowest BCUT2D eigenvalue weighted by molar-refractivity contribution is -0.140. The number of methoxy groups -OCH3 is 1. The van der Waals surface area contributed by atoms with E-state index in [1.165, 1.54) is 0 Å². The summed E-state index contributed by atoms with van der Waals surface area (Å²) in [5, 5.41) is 6.03. The van der Waals surface area contributed by atoms with Crippen LogP contribution >= 0.6 is 12.4 Å². The van der Waals surface area contributed by atoms with E-state index >= 15 is 0 Å². The number of hydrogen-bond acceptors (Lipinski definition) is 4. The van der Waals surface area contributed by atoms with Gasteiger partial charge in [-0.2, -0.15) is 0 Å². The lowest BCUT2D eigenvalue weighted by atomic mass is 9.91. The van der Waals surface area contributed by atoms with Gasteiger partial charge in [0.15, 0.2) is 0 Å². The smallest absolute Gasteiger partial charge is 0.256 e. The van der Waals surface area contributed by atoms with Gasteiger partial charge >= 0.3 is 0 Å². The summed E-state index contributed by atoms with van der Waals surface area (Å²) in [6, 6.07) is 6.48. The molecule has 1 aliphatic heterocycles. The van der Waals surface area contributed by atoms with Crippen molar-refractivity contribution in [3.8, 4) is 0 Å². The molecule has 116 valence electrons. The summed E-state index contributed by atoms with van der Waals surface area (Å²) in [5.74, 6) is -0.650. The van der Waals surface area contributed by atoms with Crippen LogP contribution in [0.25, 0.3) is 0 Å². The molecule has 0 aromatic heterocycles. The number of halogens is 1. The number of nitrogens with two attached hydrogens (primary N) is 1. The number of anilines is 1. The van der Waals surface area contributed by atoms with Gasteiger partial charge < -0.3 is 21.1 Å². The summed E-state index contributed by atoms with van der Waals surface area (Å²) in [6.45, 7) is 1.50. The zero-order valence-electron chi connectivity index (χ0n) is 11.8. The summed E-state index contributed by atoms with van der Waals surface area (Å²) in [4.78, 5) is 23.4. The zero-order chi connectivity index (χ0) is 14.6. The van der Waals surface area contributed by atoms with E-state index in [1.54, 1.807) is 31.4 Å². The van der Waals surface area contributed by atoms with Gasteiger partial charge in [-0.25, -0.2) is 0 Å². The SMILES string of the molecule is COC1(C(=O)Nc2ccc(C(N)=O)cc2)CCNCC1.Cl. The van der Waals surface area contributed by atoms with Crippen LogP contribution in [0.2, 0.25) is 0 Å². The molecule has 0 saturated carbocycles. The van der Waals surface area contributed by atoms with Gasteiger partial charge in [-0.3, -0.25) is 9.59 Å². The van der Waals surface area contributed by atoms with Gasteiger partial charge in [-0.1, -0.05) is 0 Å². The zero-order valence-corrected chi connectivity index (χ0v) is 12.7. The van der Waals surface area contributed by atoms with Gasteiger partial charge in [0.1, 0.15) is 5.60 Å². The van der Waals surface area contributed by atoms with Gasteiger partial charge in [0, 0.05) is 18.4 Å². The number of ether oxygens (including phenoxy) is 1. The molecule has 4 N–H and O–H groups in total. The number of piperidine rings is 1. The minimum Gasteiger partial charge on any atom is -0.368 e. The van der Waals surface area contributed by atoms with Gasteiger partial charge in [0.05, 0.1) is 0 Å². The molecule has 7 heteroatoms. The average Bonchev–Trinajstić information content (AvgIpc) is 2.48. The molecular formula is C14H20ClN3O3. The number of carbonyl (C=O) groups excluding carboxylic acids is 2. The highest BCUT2D eigenvalue weighted by Crippen LogP contribution is 2.24. The molecule has 21 heavy (non-hydrogen) atoms. The third-order valence-corrected chi connectivity index (χ3v) is 3.64. The molecule has 0 aliphatic carbocycles. The first-order valence-corrected chi connectivity index (χ1v) is 6.54. The average molecular weight is 314 g/mol. The molecule has 6 nitrogen and oxygen atoms in total. The molecule has 0 atom stereocenters. The Morgan fingerprint density at radius 3 is 2.29 bits per heavy atom. The molecule has 1 heterocycles. The first kappa shape index (κ1) is 17.4. The second kappa shape index (κ2) is 7.40. The fourth-order valence-electron chi connectivity index (χ4n) is 2.32. The Morgan fingerprint density at radius 2 is 1.81 bits per heavy atom. The number of benzene rings is 1. The molecular weight excluding hydrogens is 294 g/mol. The first-order chi connectivity index (χ1) is 9.57. The summed E-state index contributed by atoms with van der Waals surface area (Å²) >= 11 is 0. The van der Waals surface area contributed by atoms with Crippen molar-refractivity contribution in [3.63, 3.8) is 0 Å². The summed E-state index contributed by atoms with van der Waals surface area (Å²) in [7, 11) is 1.56. The van der Waals surface area contributed by atoms with Gasteiger partial charge in [0.25, 0.3) is 5.91 Å². The summed E-state index contributed by atoms with van der Waals surface area (Å²) in [5.41, 5.74) is 5.42. The Bertz CT molecular complexity index is 499. The van der Waals surface area contributed by atoms with E-state index in [2.05, 4.69) is 10.6 Å². The Balaban J connectivity index is 0.00000220. The van der Waals surface area contributed by atoms with Gasteiger partial charge in [-0.15, -0.1) is 12.4 Å². The monoisotopic (exact) mass is 313 g/mol. The number of rotatable bonds is 4. The van der Waals surface area contributed by atoms with Crippen LogP contribution in [-0.2, 0) is 9.53 Å². The quantitative estimate of drug-likeness (QED) is 0.770. The number of amides is 2. The Kier molecular flexibility index (Phi) is 6.14. The number of carbonyl (C=O) groups is 2. The lowest BCUT2D eigenvalue weighted by Crippen LogP contribution is -2.51. The van der Waals surface area contributed by atoms with E-state index in [0.717, 1.165) is 13.1 Å². The van der Waals surface area contributed by atoms with E-state index in [0.29, 0.717) is 24.1 Å². The predicted octanol–water partition coefficient (Wildman–Crippen LogP) is 0.914. The second-order valence-electron chi connectivity index (χ2n) is 4.84. The third kappa shape index (κ3) is 3.93. The number of hydrogen-bond donors (Lipinski definition) is 3. The molecule has 1 saturated heterocycles. The van der Waals surface area contributed by atoms with Crippen LogP contribution in [0, 0.1) is 0 Å². The topological polar surface area (TPSA) is 93.4 Å². The van der Waals surface area contributed by atoms with E-state index in [-0.39, 0.29) is 18.3 Å². The molecule has 2 rings (SSSR count). The Hall–Kier alpha value is -1.63.